The van der Waals surface area contributed by atoms with Gasteiger partial charge in [0.05, 0.1) is 11.5 Å². The molecule has 0 saturated carbocycles. The van der Waals surface area contributed by atoms with Crippen molar-refractivity contribution >= 4 is 21.8 Å². The summed E-state index contributed by atoms with van der Waals surface area (Å²) in [7, 11) is -3.13. The highest BCUT2D eigenvalue weighted by molar-refractivity contribution is 7.91. The summed E-state index contributed by atoms with van der Waals surface area (Å²) in [6.07, 6.45) is 1.62. The average Bonchev–Trinajstić information content (AvgIpc) is 3.19. The van der Waals surface area contributed by atoms with Gasteiger partial charge in [-0.1, -0.05) is 0 Å². The molecule has 2 aromatic rings. The molecule has 0 bridgehead atoms. The van der Waals surface area contributed by atoms with Gasteiger partial charge in [0.25, 0.3) is 5.91 Å². The molecule has 1 aromatic heterocycles. The molecule has 3 rings (SSSR count). The van der Waals surface area contributed by atoms with Crippen LogP contribution in [0.15, 0.2) is 46.4 Å². The number of hydrogen-bond acceptors (Lipinski definition) is 5. The van der Waals surface area contributed by atoms with Gasteiger partial charge in [0.15, 0.2) is 9.84 Å². The molecule has 1 unspecified atom stereocenters. The van der Waals surface area contributed by atoms with Gasteiger partial charge in [0.1, 0.15) is 29.0 Å². The molecule has 1 N–H and O–H groups in total. The Kier molecular flexibility index (Phi) is 4.91. The first-order valence-electron chi connectivity index (χ1n) is 7.85. The van der Waals surface area contributed by atoms with E-state index < -0.39 is 21.8 Å². The molecule has 1 amide bonds. The van der Waals surface area contributed by atoms with Crippen molar-refractivity contribution in [2.24, 2.45) is 0 Å². The van der Waals surface area contributed by atoms with Gasteiger partial charge in [-0.15, -0.1) is 0 Å². The van der Waals surface area contributed by atoms with Gasteiger partial charge in [-0.3, -0.25) is 4.79 Å². The monoisotopic (exact) mass is 374 g/mol. The Morgan fingerprint density at radius 1 is 1.27 bits per heavy atom. The zero-order valence-corrected chi connectivity index (χ0v) is 14.4. The van der Waals surface area contributed by atoms with Gasteiger partial charge in [0.2, 0.25) is 0 Å². The second kappa shape index (κ2) is 7.14. The average molecular weight is 374 g/mol. The van der Waals surface area contributed by atoms with E-state index in [2.05, 4.69) is 5.32 Å². The molecule has 1 fully saturated rings. The predicted octanol–water partition coefficient (Wildman–Crippen LogP) is 2.30. The third-order valence-corrected chi connectivity index (χ3v) is 5.74. The standard InChI is InChI=1S/C18H15FN2O4S/c19-14-3-1-12(2-4-14)17-6-5-16(25-17)9-13(10-20)18(22)21-15-7-8-26(23,24)11-15/h1-6,9,15H,7-8,11H2,(H,21,22)/b13-9-. The van der Waals surface area contributed by atoms with Gasteiger partial charge < -0.3 is 9.73 Å². The van der Waals surface area contributed by atoms with Crippen molar-refractivity contribution in [3.05, 3.63) is 53.5 Å². The zero-order valence-electron chi connectivity index (χ0n) is 13.6. The summed E-state index contributed by atoms with van der Waals surface area (Å²) in [5.74, 6) is -0.339. The zero-order chi connectivity index (χ0) is 18.7. The maximum absolute atomic E-state index is 13.0. The van der Waals surface area contributed by atoms with Gasteiger partial charge in [-0.25, -0.2) is 12.8 Å². The second-order valence-corrected chi connectivity index (χ2v) is 8.18. The number of nitrogens with one attached hydrogen (secondary N) is 1. The lowest BCUT2D eigenvalue weighted by atomic mass is 10.2. The Bertz CT molecular complexity index is 1000. The number of amides is 1. The Labute approximate surface area is 149 Å². The largest absolute Gasteiger partial charge is 0.457 e. The molecule has 1 aromatic carbocycles. The fraction of sp³-hybridized carbons (Fsp3) is 0.222. The molecule has 1 saturated heterocycles. The molecule has 1 aliphatic rings. The van der Waals surface area contributed by atoms with Crippen LogP contribution >= 0.6 is 0 Å². The van der Waals surface area contributed by atoms with Crippen molar-refractivity contribution in [1.82, 2.24) is 5.32 Å². The maximum Gasteiger partial charge on any atom is 0.262 e. The van der Waals surface area contributed by atoms with E-state index in [4.69, 9.17) is 4.42 Å². The molecule has 2 heterocycles. The van der Waals surface area contributed by atoms with Gasteiger partial charge in [-0.2, -0.15) is 5.26 Å². The van der Waals surface area contributed by atoms with E-state index in [1.54, 1.807) is 30.3 Å². The minimum Gasteiger partial charge on any atom is -0.457 e. The van der Waals surface area contributed by atoms with E-state index in [0.717, 1.165) is 0 Å². The summed E-state index contributed by atoms with van der Waals surface area (Å²) >= 11 is 0. The molecule has 0 spiro atoms. The number of sulfone groups is 1. The van der Waals surface area contributed by atoms with E-state index in [9.17, 15) is 22.9 Å². The van der Waals surface area contributed by atoms with Crippen LogP contribution in [-0.2, 0) is 14.6 Å². The normalized spacial score (nSPS) is 19.1. The Hall–Kier alpha value is -2.92. The lowest BCUT2D eigenvalue weighted by Gasteiger charge is -2.09. The number of carbonyl (C=O) groups excluding carboxylic acids is 1. The molecule has 1 atom stereocenters. The van der Waals surface area contributed by atoms with Crippen LogP contribution < -0.4 is 5.32 Å². The SMILES string of the molecule is N#C/C(=C/c1ccc(-c2ccc(F)cc2)o1)C(=O)NC1CCS(=O)(=O)C1. The first-order valence-corrected chi connectivity index (χ1v) is 9.67. The highest BCUT2D eigenvalue weighted by Crippen LogP contribution is 2.23. The van der Waals surface area contributed by atoms with E-state index in [0.29, 0.717) is 17.7 Å². The number of carbonyl (C=O) groups is 1. The summed E-state index contributed by atoms with van der Waals surface area (Å²) in [4.78, 5) is 12.2. The van der Waals surface area contributed by atoms with Gasteiger partial charge in [0, 0.05) is 17.7 Å². The minimum atomic E-state index is -3.13. The third-order valence-electron chi connectivity index (χ3n) is 3.97. The van der Waals surface area contributed by atoms with Gasteiger partial charge >= 0.3 is 0 Å². The molecular formula is C18H15FN2O4S. The second-order valence-electron chi connectivity index (χ2n) is 5.95. The lowest BCUT2D eigenvalue weighted by molar-refractivity contribution is -0.117. The van der Waals surface area contributed by atoms with Crippen molar-refractivity contribution in [3.63, 3.8) is 0 Å². The molecule has 1 aliphatic heterocycles. The van der Waals surface area contributed by atoms with Crippen LogP contribution in [0.5, 0.6) is 0 Å². The van der Waals surface area contributed by atoms with E-state index in [1.165, 1.54) is 18.2 Å². The number of rotatable bonds is 4. The topological polar surface area (TPSA) is 100 Å². The van der Waals surface area contributed by atoms with Crippen LogP contribution in [0.1, 0.15) is 12.2 Å². The summed E-state index contributed by atoms with van der Waals surface area (Å²) in [5.41, 5.74) is 0.472. The van der Waals surface area contributed by atoms with Crippen LogP contribution in [0.2, 0.25) is 0 Å². The van der Waals surface area contributed by atoms with Crippen molar-refractivity contribution in [2.45, 2.75) is 12.5 Å². The predicted molar refractivity (Wildman–Crippen MR) is 92.9 cm³/mol. The Balaban J connectivity index is 1.74. The minimum absolute atomic E-state index is 0.0305. The van der Waals surface area contributed by atoms with E-state index in [1.807, 2.05) is 0 Å². The number of nitrogens with zero attached hydrogens (tertiary/aromatic N) is 1. The van der Waals surface area contributed by atoms with Crippen LogP contribution in [0.3, 0.4) is 0 Å². The summed E-state index contributed by atoms with van der Waals surface area (Å²) in [6, 6.07) is 10.3. The lowest BCUT2D eigenvalue weighted by Crippen LogP contribution is -2.36. The first kappa shape index (κ1) is 17.9. The fourth-order valence-electron chi connectivity index (χ4n) is 2.66. The number of benzene rings is 1. The van der Waals surface area contributed by atoms with Crippen LogP contribution in [0.4, 0.5) is 4.39 Å². The van der Waals surface area contributed by atoms with Crippen molar-refractivity contribution in [3.8, 4) is 17.4 Å². The quantitative estimate of drug-likeness (QED) is 0.654. The first-order chi connectivity index (χ1) is 12.4. The highest BCUT2D eigenvalue weighted by atomic mass is 32.2. The number of furan rings is 1. The van der Waals surface area contributed by atoms with E-state index >= 15 is 0 Å². The van der Waals surface area contributed by atoms with Crippen molar-refractivity contribution in [1.29, 1.82) is 5.26 Å². The van der Waals surface area contributed by atoms with E-state index in [-0.39, 0.29) is 28.7 Å². The summed E-state index contributed by atoms with van der Waals surface area (Å²) in [5, 5.41) is 11.8. The maximum atomic E-state index is 13.0. The van der Waals surface area contributed by atoms with Crippen LogP contribution in [0, 0.1) is 17.1 Å². The number of halogens is 1. The van der Waals surface area contributed by atoms with Crippen LogP contribution in [0.25, 0.3) is 17.4 Å². The number of hydrogen-bond donors (Lipinski definition) is 1. The summed E-state index contributed by atoms with van der Waals surface area (Å²) in [6.45, 7) is 0. The van der Waals surface area contributed by atoms with Crippen LogP contribution in [-0.4, -0.2) is 31.9 Å². The molecule has 26 heavy (non-hydrogen) atoms. The molecule has 6 nitrogen and oxygen atoms in total. The molecule has 0 radical (unpaired) electrons. The Morgan fingerprint density at radius 3 is 2.62 bits per heavy atom. The smallest absolute Gasteiger partial charge is 0.262 e. The molecule has 0 aliphatic carbocycles. The fourth-order valence-corrected chi connectivity index (χ4v) is 4.34. The number of nitriles is 1. The van der Waals surface area contributed by atoms with Crippen molar-refractivity contribution in [2.75, 3.05) is 11.5 Å². The molecular weight excluding hydrogens is 359 g/mol. The highest BCUT2D eigenvalue weighted by Gasteiger charge is 2.29. The van der Waals surface area contributed by atoms with Gasteiger partial charge in [-0.05, 0) is 42.8 Å². The molecule has 8 heteroatoms. The van der Waals surface area contributed by atoms with Crippen molar-refractivity contribution < 1.29 is 22.0 Å². The summed E-state index contributed by atoms with van der Waals surface area (Å²) < 4.78 is 41.4. The third kappa shape index (κ3) is 4.18. The molecule has 134 valence electrons. The Morgan fingerprint density at radius 2 is 2.00 bits per heavy atom.